The molecule has 1 aromatic carbocycles. The Labute approximate surface area is 202 Å². The molecule has 0 amide bonds. The highest BCUT2D eigenvalue weighted by molar-refractivity contribution is 5.91. The van der Waals surface area contributed by atoms with Crippen LogP contribution in [0.15, 0.2) is 24.3 Å². The molecule has 0 saturated heterocycles. The zero-order valence-electron chi connectivity index (χ0n) is 21.5. The Morgan fingerprint density at radius 2 is 1.24 bits per heavy atom. The molecule has 1 aromatic rings. The van der Waals surface area contributed by atoms with Gasteiger partial charge < -0.3 is 14.8 Å². The number of anilines is 1. The normalized spacial score (nSPS) is 11.9. The fraction of sp³-hybridized carbons (Fsp3) is 0.714. The number of unbranched alkanes of at least 4 members (excludes halogenated alkanes) is 11. The van der Waals surface area contributed by atoms with Gasteiger partial charge in [0.1, 0.15) is 0 Å². The molecule has 0 bridgehead atoms. The molecule has 0 aliphatic rings. The maximum absolute atomic E-state index is 12.1. The molecule has 1 N–H and O–H groups in total. The van der Waals surface area contributed by atoms with Crippen LogP contribution in [0, 0.1) is 5.92 Å². The van der Waals surface area contributed by atoms with E-state index in [1.807, 2.05) is 12.1 Å². The molecule has 0 spiro atoms. The van der Waals surface area contributed by atoms with E-state index < -0.39 is 18.0 Å². The van der Waals surface area contributed by atoms with Gasteiger partial charge in [-0.1, -0.05) is 90.9 Å². The molecular weight excluding hydrogens is 414 g/mol. The van der Waals surface area contributed by atoms with Crippen LogP contribution in [0.4, 0.5) is 5.69 Å². The average molecular weight is 462 g/mol. The van der Waals surface area contributed by atoms with E-state index in [1.165, 1.54) is 91.1 Å². The van der Waals surface area contributed by atoms with Crippen LogP contribution >= 0.6 is 0 Å². The molecule has 188 valence electrons. The van der Waals surface area contributed by atoms with Crippen molar-refractivity contribution in [3.63, 3.8) is 0 Å². The van der Waals surface area contributed by atoms with E-state index in [-0.39, 0.29) is 0 Å². The second kappa shape index (κ2) is 18.4. The van der Waals surface area contributed by atoms with Crippen molar-refractivity contribution in [1.29, 1.82) is 0 Å². The Kier molecular flexibility index (Phi) is 16.2. The summed E-state index contributed by atoms with van der Waals surface area (Å²) in [5.41, 5.74) is 1.40. The van der Waals surface area contributed by atoms with Gasteiger partial charge in [-0.15, -0.1) is 0 Å². The molecule has 1 unspecified atom stereocenters. The van der Waals surface area contributed by atoms with Crippen molar-refractivity contribution in [1.82, 2.24) is 0 Å². The Morgan fingerprint density at radius 3 is 1.73 bits per heavy atom. The molecule has 0 aliphatic heterocycles. The largest absolute Gasteiger partial charge is 0.466 e. The highest BCUT2D eigenvalue weighted by atomic mass is 16.6. The van der Waals surface area contributed by atoms with Crippen LogP contribution in [0.1, 0.15) is 115 Å². The van der Waals surface area contributed by atoms with Gasteiger partial charge >= 0.3 is 11.9 Å². The molecule has 0 saturated carbocycles. The third kappa shape index (κ3) is 14.7. The number of carbonyl (C=O) groups is 2. The summed E-state index contributed by atoms with van der Waals surface area (Å²) < 4.78 is 9.65. The fourth-order valence-electron chi connectivity index (χ4n) is 3.84. The smallest absolute Gasteiger partial charge is 0.346 e. The standard InChI is InChI=1S/C28H47NO4/c1-23(2)17-15-13-11-9-7-5-6-8-10-12-14-16-22-29-26-20-18-25(19-21-26)28(31)33-24(3)27(30)32-4/h18-21,23-24,29H,5-17,22H2,1-4H3. The second-order valence-corrected chi connectivity index (χ2v) is 9.50. The Morgan fingerprint density at radius 1 is 0.758 bits per heavy atom. The first-order valence-electron chi connectivity index (χ1n) is 13.1. The first-order chi connectivity index (χ1) is 15.9. The lowest BCUT2D eigenvalue weighted by Gasteiger charge is -2.11. The van der Waals surface area contributed by atoms with Gasteiger partial charge in [0.2, 0.25) is 0 Å². The number of esters is 2. The van der Waals surface area contributed by atoms with Crippen LogP contribution in [0.5, 0.6) is 0 Å². The molecular formula is C28H47NO4. The third-order valence-corrected chi connectivity index (χ3v) is 5.97. The first kappa shape index (κ1) is 29.0. The molecule has 0 fully saturated rings. The van der Waals surface area contributed by atoms with Crippen LogP contribution in [-0.4, -0.2) is 31.7 Å². The summed E-state index contributed by atoms with van der Waals surface area (Å²) in [6.45, 7) is 7.06. The van der Waals surface area contributed by atoms with E-state index in [1.54, 1.807) is 12.1 Å². The highest BCUT2D eigenvalue weighted by Gasteiger charge is 2.19. The van der Waals surface area contributed by atoms with E-state index in [0.717, 1.165) is 24.6 Å². The van der Waals surface area contributed by atoms with Gasteiger partial charge in [-0.2, -0.15) is 0 Å². The molecule has 1 atom stereocenters. The molecule has 0 aliphatic carbocycles. The number of benzene rings is 1. The first-order valence-corrected chi connectivity index (χ1v) is 13.1. The van der Waals surface area contributed by atoms with Crippen molar-refractivity contribution in [2.24, 2.45) is 5.92 Å². The van der Waals surface area contributed by atoms with E-state index in [9.17, 15) is 9.59 Å². The summed E-state index contributed by atoms with van der Waals surface area (Å²) in [5, 5.41) is 3.40. The number of rotatable bonds is 19. The van der Waals surface area contributed by atoms with Crippen LogP contribution in [0.2, 0.25) is 0 Å². The number of nitrogens with one attached hydrogen (secondary N) is 1. The fourth-order valence-corrected chi connectivity index (χ4v) is 3.84. The number of ether oxygens (including phenoxy) is 2. The SMILES string of the molecule is COC(=O)C(C)OC(=O)c1ccc(NCCCCCCCCCCCCCCC(C)C)cc1. The zero-order valence-corrected chi connectivity index (χ0v) is 21.5. The maximum atomic E-state index is 12.1. The molecule has 0 heterocycles. The van der Waals surface area contributed by atoms with Crippen LogP contribution in [-0.2, 0) is 14.3 Å². The lowest BCUT2D eigenvalue weighted by Crippen LogP contribution is -2.25. The van der Waals surface area contributed by atoms with Crippen molar-refractivity contribution in [3.8, 4) is 0 Å². The lowest BCUT2D eigenvalue weighted by molar-refractivity contribution is -0.149. The number of carbonyl (C=O) groups excluding carboxylic acids is 2. The summed E-state index contributed by atoms with van der Waals surface area (Å²) in [4.78, 5) is 23.4. The van der Waals surface area contributed by atoms with Crippen molar-refractivity contribution >= 4 is 17.6 Å². The summed E-state index contributed by atoms with van der Waals surface area (Å²) in [6, 6.07) is 7.15. The molecule has 5 nitrogen and oxygen atoms in total. The predicted octanol–water partition coefficient (Wildman–Crippen LogP) is 7.54. The Bertz CT molecular complexity index is 642. The minimum absolute atomic E-state index is 0.419. The monoisotopic (exact) mass is 461 g/mol. The number of methoxy groups -OCH3 is 1. The van der Waals surface area contributed by atoms with Gasteiger partial charge in [-0.25, -0.2) is 9.59 Å². The van der Waals surface area contributed by atoms with Crippen LogP contribution < -0.4 is 5.32 Å². The minimum Gasteiger partial charge on any atom is -0.466 e. The summed E-state index contributed by atoms with van der Waals surface area (Å²) >= 11 is 0. The van der Waals surface area contributed by atoms with Gasteiger partial charge in [0.05, 0.1) is 12.7 Å². The summed E-state index contributed by atoms with van der Waals surface area (Å²) in [7, 11) is 1.27. The van der Waals surface area contributed by atoms with E-state index in [4.69, 9.17) is 4.74 Å². The lowest BCUT2D eigenvalue weighted by atomic mass is 10.0. The van der Waals surface area contributed by atoms with Gasteiger partial charge in [0, 0.05) is 12.2 Å². The number of hydrogen-bond acceptors (Lipinski definition) is 5. The van der Waals surface area contributed by atoms with Crippen LogP contribution in [0.3, 0.4) is 0 Å². The van der Waals surface area contributed by atoms with Crippen molar-refractivity contribution in [2.75, 3.05) is 19.0 Å². The van der Waals surface area contributed by atoms with Crippen LogP contribution in [0.25, 0.3) is 0 Å². The van der Waals surface area contributed by atoms with Crippen molar-refractivity contribution in [3.05, 3.63) is 29.8 Å². The topological polar surface area (TPSA) is 64.6 Å². The van der Waals surface area contributed by atoms with Gasteiger partial charge in [-0.3, -0.25) is 0 Å². The quantitative estimate of drug-likeness (QED) is 0.170. The van der Waals surface area contributed by atoms with E-state index >= 15 is 0 Å². The molecule has 0 radical (unpaired) electrons. The third-order valence-electron chi connectivity index (χ3n) is 5.97. The second-order valence-electron chi connectivity index (χ2n) is 9.50. The molecule has 5 heteroatoms. The molecule has 33 heavy (non-hydrogen) atoms. The summed E-state index contributed by atoms with van der Waals surface area (Å²) in [5.74, 6) is -0.235. The average Bonchev–Trinajstić information content (AvgIpc) is 2.81. The Hall–Kier alpha value is -2.04. The highest BCUT2D eigenvalue weighted by Crippen LogP contribution is 2.15. The maximum Gasteiger partial charge on any atom is 0.346 e. The number of hydrogen-bond donors (Lipinski definition) is 1. The molecule has 0 aromatic heterocycles. The zero-order chi connectivity index (χ0) is 24.3. The van der Waals surface area contributed by atoms with Gasteiger partial charge in [0.15, 0.2) is 6.10 Å². The van der Waals surface area contributed by atoms with E-state index in [2.05, 4.69) is 23.9 Å². The van der Waals surface area contributed by atoms with Crippen molar-refractivity contribution in [2.45, 2.75) is 110 Å². The molecule has 1 rings (SSSR count). The Balaban J connectivity index is 1.98. The van der Waals surface area contributed by atoms with E-state index in [0.29, 0.717) is 5.56 Å². The predicted molar refractivity (Wildman–Crippen MR) is 137 cm³/mol. The minimum atomic E-state index is -0.912. The van der Waals surface area contributed by atoms with Crippen molar-refractivity contribution < 1.29 is 19.1 Å². The van der Waals surface area contributed by atoms with Gasteiger partial charge in [0.25, 0.3) is 0 Å². The van der Waals surface area contributed by atoms with Gasteiger partial charge in [-0.05, 0) is 43.5 Å². The summed E-state index contributed by atoms with van der Waals surface area (Å²) in [6.07, 6.45) is 16.7.